The van der Waals surface area contributed by atoms with Gasteiger partial charge in [-0.25, -0.2) is 9.97 Å². The SMILES string of the molecule is Cc1c2ccccc2c(-c2ccc(-c3nc4ccccc4c4nc5c(n34)=CC=CCC=5)cc2)c2ccccc12. The topological polar surface area (TPSA) is 30.2 Å². The van der Waals surface area contributed by atoms with Crippen molar-refractivity contribution in [2.45, 2.75) is 13.3 Å². The van der Waals surface area contributed by atoms with Gasteiger partial charge in [0.25, 0.3) is 0 Å². The number of benzene rings is 5. The minimum absolute atomic E-state index is 0.876. The van der Waals surface area contributed by atoms with E-state index in [0.717, 1.165) is 45.1 Å². The van der Waals surface area contributed by atoms with Gasteiger partial charge in [0.2, 0.25) is 0 Å². The molecule has 0 radical (unpaired) electrons. The molecule has 0 bridgehead atoms. The van der Waals surface area contributed by atoms with Crippen molar-refractivity contribution in [3.05, 3.63) is 125 Å². The van der Waals surface area contributed by atoms with Gasteiger partial charge in [0.05, 0.1) is 16.2 Å². The molecule has 2 aromatic heterocycles. The van der Waals surface area contributed by atoms with Gasteiger partial charge in [-0.05, 0) is 69.8 Å². The molecule has 8 rings (SSSR count). The average Bonchev–Trinajstić information content (AvgIpc) is 3.20. The van der Waals surface area contributed by atoms with Crippen LogP contribution in [-0.4, -0.2) is 14.4 Å². The molecule has 0 atom stereocenters. The van der Waals surface area contributed by atoms with E-state index in [0.29, 0.717) is 0 Å². The van der Waals surface area contributed by atoms with Crippen LogP contribution in [0.2, 0.25) is 0 Å². The number of hydrogen-bond donors (Lipinski definition) is 0. The first-order chi connectivity index (χ1) is 19.3. The molecule has 0 saturated carbocycles. The molecule has 0 saturated heterocycles. The van der Waals surface area contributed by atoms with E-state index in [1.54, 1.807) is 0 Å². The summed E-state index contributed by atoms with van der Waals surface area (Å²) < 4.78 is 2.22. The average molecular weight is 500 g/mol. The van der Waals surface area contributed by atoms with Gasteiger partial charge in [-0.1, -0.05) is 103 Å². The monoisotopic (exact) mass is 499 g/mol. The van der Waals surface area contributed by atoms with Crippen molar-refractivity contribution >= 4 is 50.2 Å². The molecule has 3 heteroatoms. The molecule has 0 amide bonds. The van der Waals surface area contributed by atoms with Gasteiger partial charge in [0.1, 0.15) is 11.5 Å². The highest BCUT2D eigenvalue weighted by Gasteiger charge is 2.16. The van der Waals surface area contributed by atoms with E-state index in [9.17, 15) is 0 Å². The first-order valence-corrected chi connectivity index (χ1v) is 13.4. The Balaban J connectivity index is 1.40. The summed E-state index contributed by atoms with van der Waals surface area (Å²) in [6, 6.07) is 34.7. The second-order valence-electron chi connectivity index (χ2n) is 10.2. The Morgan fingerprint density at radius 1 is 0.641 bits per heavy atom. The summed E-state index contributed by atoms with van der Waals surface area (Å²) in [7, 11) is 0. The number of nitrogens with zero attached hydrogens (tertiary/aromatic N) is 3. The van der Waals surface area contributed by atoms with Crippen LogP contribution in [0, 0.1) is 6.92 Å². The highest BCUT2D eigenvalue weighted by atomic mass is 15.1. The molecule has 7 aromatic rings. The van der Waals surface area contributed by atoms with Crippen molar-refractivity contribution in [3.8, 4) is 22.5 Å². The molecule has 0 spiro atoms. The van der Waals surface area contributed by atoms with Crippen molar-refractivity contribution in [1.82, 2.24) is 14.4 Å². The van der Waals surface area contributed by atoms with E-state index >= 15 is 0 Å². The molecular weight excluding hydrogens is 474 g/mol. The van der Waals surface area contributed by atoms with Gasteiger partial charge in [-0.15, -0.1) is 0 Å². The molecule has 0 unspecified atom stereocenters. The van der Waals surface area contributed by atoms with Crippen LogP contribution in [0.1, 0.15) is 12.0 Å². The second-order valence-corrected chi connectivity index (χ2v) is 10.2. The Kier molecular flexibility index (Phi) is 4.80. The summed E-state index contributed by atoms with van der Waals surface area (Å²) in [6.45, 7) is 2.23. The van der Waals surface area contributed by atoms with Gasteiger partial charge < -0.3 is 0 Å². The zero-order valence-corrected chi connectivity index (χ0v) is 21.6. The predicted octanol–water partition coefficient (Wildman–Crippen LogP) is 7.35. The maximum Gasteiger partial charge on any atom is 0.149 e. The Morgan fingerprint density at radius 3 is 1.97 bits per heavy atom. The summed E-state index contributed by atoms with van der Waals surface area (Å²) in [5.74, 6) is 0.905. The Morgan fingerprint density at radius 2 is 1.26 bits per heavy atom. The van der Waals surface area contributed by atoms with E-state index in [2.05, 4.69) is 127 Å². The molecule has 2 heterocycles. The number of imidazole rings is 1. The van der Waals surface area contributed by atoms with E-state index in [1.165, 1.54) is 38.2 Å². The number of fused-ring (bicyclic) bond motifs is 7. The molecular formula is C36H25N3. The van der Waals surface area contributed by atoms with Crippen molar-refractivity contribution in [2.75, 3.05) is 0 Å². The zero-order valence-electron chi connectivity index (χ0n) is 21.6. The van der Waals surface area contributed by atoms with Crippen LogP contribution < -0.4 is 10.7 Å². The number of hydrogen-bond acceptors (Lipinski definition) is 2. The van der Waals surface area contributed by atoms with Crippen LogP contribution in [0.4, 0.5) is 0 Å². The fourth-order valence-electron chi connectivity index (χ4n) is 6.13. The maximum atomic E-state index is 5.16. The number of rotatable bonds is 2. The van der Waals surface area contributed by atoms with Gasteiger partial charge in [0.15, 0.2) is 0 Å². The minimum Gasteiger partial charge on any atom is -0.276 e. The predicted molar refractivity (Wildman–Crippen MR) is 163 cm³/mol. The normalized spacial score (nSPS) is 12.9. The third-order valence-corrected chi connectivity index (χ3v) is 7.99. The van der Waals surface area contributed by atoms with Gasteiger partial charge in [0, 0.05) is 10.9 Å². The highest BCUT2D eigenvalue weighted by Crippen LogP contribution is 2.39. The van der Waals surface area contributed by atoms with Crippen LogP contribution in [-0.2, 0) is 0 Å². The fourth-order valence-corrected chi connectivity index (χ4v) is 6.13. The molecule has 1 aliphatic carbocycles. The lowest BCUT2D eigenvalue weighted by Crippen LogP contribution is -2.27. The van der Waals surface area contributed by atoms with E-state index in [4.69, 9.17) is 9.97 Å². The van der Waals surface area contributed by atoms with Crippen LogP contribution in [0.3, 0.4) is 0 Å². The maximum absolute atomic E-state index is 5.16. The van der Waals surface area contributed by atoms with Crippen molar-refractivity contribution in [3.63, 3.8) is 0 Å². The molecule has 0 fully saturated rings. The lowest BCUT2D eigenvalue weighted by molar-refractivity contribution is 1.09. The van der Waals surface area contributed by atoms with E-state index < -0.39 is 0 Å². The lowest BCUT2D eigenvalue weighted by Gasteiger charge is -2.15. The van der Waals surface area contributed by atoms with Gasteiger partial charge >= 0.3 is 0 Å². The van der Waals surface area contributed by atoms with Crippen molar-refractivity contribution < 1.29 is 0 Å². The van der Waals surface area contributed by atoms with Crippen molar-refractivity contribution in [1.29, 1.82) is 0 Å². The third-order valence-electron chi connectivity index (χ3n) is 7.99. The van der Waals surface area contributed by atoms with Gasteiger partial charge in [-0.3, -0.25) is 4.40 Å². The number of aryl methyl sites for hydroxylation is 1. The van der Waals surface area contributed by atoms with Crippen LogP contribution >= 0.6 is 0 Å². The van der Waals surface area contributed by atoms with Crippen LogP contribution in [0.15, 0.2) is 109 Å². The van der Waals surface area contributed by atoms with Crippen LogP contribution in [0.5, 0.6) is 0 Å². The summed E-state index contributed by atoms with van der Waals surface area (Å²) in [4.78, 5) is 10.2. The Labute approximate surface area is 225 Å². The molecule has 0 N–H and O–H groups in total. The summed E-state index contributed by atoms with van der Waals surface area (Å²) >= 11 is 0. The summed E-state index contributed by atoms with van der Waals surface area (Å²) in [5.41, 5.74) is 6.78. The summed E-state index contributed by atoms with van der Waals surface area (Å²) in [6.07, 6.45) is 9.50. The molecule has 1 aliphatic rings. The third kappa shape index (κ3) is 3.30. The molecule has 184 valence electrons. The number of para-hydroxylation sites is 1. The van der Waals surface area contributed by atoms with Gasteiger partial charge in [-0.2, -0.15) is 0 Å². The second kappa shape index (κ2) is 8.50. The van der Waals surface area contributed by atoms with E-state index in [-0.39, 0.29) is 0 Å². The zero-order chi connectivity index (χ0) is 25.9. The first-order valence-electron chi connectivity index (χ1n) is 13.4. The smallest absolute Gasteiger partial charge is 0.149 e. The van der Waals surface area contributed by atoms with Crippen molar-refractivity contribution in [2.24, 2.45) is 0 Å². The quantitative estimate of drug-likeness (QED) is 0.233. The number of aromatic nitrogens is 3. The molecule has 3 nitrogen and oxygen atoms in total. The lowest BCUT2D eigenvalue weighted by atomic mass is 9.89. The molecule has 5 aromatic carbocycles. The van der Waals surface area contributed by atoms with Crippen LogP contribution in [0.25, 0.3) is 72.8 Å². The fraction of sp³-hybridized carbons (Fsp3) is 0.0556. The minimum atomic E-state index is 0.876. The standard InChI is InChI=1S/C36H25N3/c1-23-26-11-5-7-13-28(26)34(29-14-8-6-12-27(23)29)24-19-21-25(22-20-24)35-37-31-16-10-9-15-30(31)36-38-32-17-3-2-4-18-33(32)39(35)36/h2,4-22H,3H2,1H3. The molecule has 0 aliphatic heterocycles. The largest absolute Gasteiger partial charge is 0.276 e. The molecule has 39 heavy (non-hydrogen) atoms. The Hall–Kier alpha value is -5.02. The Bertz CT molecular complexity index is 2190. The highest BCUT2D eigenvalue weighted by molar-refractivity contribution is 6.14. The summed E-state index contributed by atoms with van der Waals surface area (Å²) in [5, 5.41) is 8.31. The first kappa shape index (κ1) is 22.0. The van der Waals surface area contributed by atoms with E-state index in [1.807, 2.05) is 6.07 Å². The number of allylic oxidation sites excluding steroid dienone is 2.